The predicted octanol–water partition coefficient (Wildman–Crippen LogP) is 4.86. The maximum atomic E-state index is 11.4. The molecule has 1 N–H and O–H groups in total. The van der Waals surface area contributed by atoms with Crippen LogP contribution < -0.4 is 23.7 Å². The fraction of sp³-hybridized carbons (Fsp3) is 0.464. The van der Waals surface area contributed by atoms with Crippen molar-refractivity contribution in [3.05, 3.63) is 53.2 Å². The molecule has 2 aromatic carbocycles. The van der Waals surface area contributed by atoms with Gasteiger partial charge in [0.1, 0.15) is 5.60 Å². The van der Waals surface area contributed by atoms with Crippen LogP contribution in [0.4, 0.5) is 0 Å². The van der Waals surface area contributed by atoms with Crippen molar-refractivity contribution in [3.8, 4) is 28.7 Å². The number of allylic oxidation sites excluding steroid dienone is 1. The molecule has 1 heterocycles. The first kappa shape index (κ1) is 28.1. The van der Waals surface area contributed by atoms with Crippen molar-refractivity contribution in [1.29, 1.82) is 0 Å². The number of benzene rings is 2. The largest absolute Gasteiger partial charge is 0.493 e. The molecule has 3 rings (SSSR count). The lowest BCUT2D eigenvalue weighted by atomic mass is 9.82. The normalized spacial score (nSPS) is 17.1. The van der Waals surface area contributed by atoms with Crippen molar-refractivity contribution in [3.63, 3.8) is 0 Å². The summed E-state index contributed by atoms with van der Waals surface area (Å²) < 4.78 is 35.1. The third kappa shape index (κ3) is 5.94. The van der Waals surface area contributed by atoms with Gasteiger partial charge in [0.15, 0.2) is 23.0 Å². The van der Waals surface area contributed by atoms with Gasteiger partial charge in [0.25, 0.3) is 0 Å². The van der Waals surface area contributed by atoms with E-state index in [0.29, 0.717) is 53.4 Å². The number of amides is 1. The van der Waals surface area contributed by atoms with Crippen LogP contribution in [0.5, 0.6) is 28.7 Å². The van der Waals surface area contributed by atoms with E-state index in [-0.39, 0.29) is 0 Å². The van der Waals surface area contributed by atoms with E-state index in [4.69, 9.17) is 28.4 Å². The molecule has 37 heavy (non-hydrogen) atoms. The Kier molecular flexibility index (Phi) is 9.66. The van der Waals surface area contributed by atoms with Gasteiger partial charge < -0.3 is 28.4 Å². The first-order valence-electron chi connectivity index (χ1n) is 12.3. The molecule has 202 valence electrons. The first-order valence-corrected chi connectivity index (χ1v) is 12.3. The highest BCUT2D eigenvalue weighted by Gasteiger charge is 2.41. The maximum Gasteiger partial charge on any atom is 0.246 e. The maximum absolute atomic E-state index is 11.4. The van der Waals surface area contributed by atoms with E-state index in [0.717, 1.165) is 36.0 Å². The van der Waals surface area contributed by atoms with Gasteiger partial charge in [-0.1, -0.05) is 13.0 Å². The van der Waals surface area contributed by atoms with Gasteiger partial charge in [-0.05, 0) is 61.1 Å². The van der Waals surface area contributed by atoms with Gasteiger partial charge >= 0.3 is 0 Å². The second-order valence-electron chi connectivity index (χ2n) is 8.66. The molecule has 9 nitrogen and oxygen atoms in total. The molecule has 0 radical (unpaired) electrons. The zero-order valence-electron chi connectivity index (χ0n) is 22.5. The lowest BCUT2D eigenvalue weighted by Crippen LogP contribution is -2.27. The Hall–Kier alpha value is -3.43. The molecule has 1 aliphatic rings. The molecule has 1 fully saturated rings. The van der Waals surface area contributed by atoms with Crippen LogP contribution in [0.3, 0.4) is 0 Å². The van der Waals surface area contributed by atoms with E-state index in [2.05, 4.69) is 0 Å². The third-order valence-corrected chi connectivity index (χ3v) is 6.33. The molecule has 1 aliphatic heterocycles. The zero-order chi connectivity index (χ0) is 27.0. The van der Waals surface area contributed by atoms with Crippen LogP contribution in [0.1, 0.15) is 49.8 Å². The average molecular weight is 516 g/mol. The minimum atomic E-state index is -0.787. The molecule has 0 spiro atoms. The average Bonchev–Trinajstić information content (AvgIpc) is 3.42. The van der Waals surface area contributed by atoms with Crippen LogP contribution in [0, 0.1) is 0 Å². The molecule has 2 aromatic rings. The van der Waals surface area contributed by atoms with Crippen molar-refractivity contribution in [2.24, 2.45) is 0 Å². The van der Waals surface area contributed by atoms with Crippen LogP contribution >= 0.6 is 0 Å². The quantitative estimate of drug-likeness (QED) is 0.316. The van der Waals surface area contributed by atoms with E-state index in [1.165, 1.54) is 13.1 Å². The van der Waals surface area contributed by atoms with Crippen LogP contribution in [-0.2, 0) is 21.6 Å². The number of methoxy groups -OCH3 is 4. The number of carbonyl (C=O) groups excluding carboxylic acids is 1. The summed E-state index contributed by atoms with van der Waals surface area (Å²) in [6, 6.07) is 7.80. The smallest absolute Gasteiger partial charge is 0.246 e. The lowest BCUT2D eigenvalue weighted by molar-refractivity contribution is -0.151. The van der Waals surface area contributed by atoms with Crippen molar-refractivity contribution < 1.29 is 38.4 Å². The molecule has 1 unspecified atom stereocenters. The van der Waals surface area contributed by atoms with Gasteiger partial charge in [-0.2, -0.15) is 5.06 Å². The molecule has 0 bridgehead atoms. The molecule has 1 atom stereocenters. The number of carbonyl (C=O) groups is 1. The summed E-state index contributed by atoms with van der Waals surface area (Å²) in [6.07, 6.45) is 5.83. The summed E-state index contributed by atoms with van der Waals surface area (Å²) in [4.78, 5) is 11.4. The number of hydrogen-bond acceptors (Lipinski definition) is 8. The molecule has 0 aliphatic carbocycles. The van der Waals surface area contributed by atoms with Crippen molar-refractivity contribution >= 4 is 5.91 Å². The fourth-order valence-corrected chi connectivity index (χ4v) is 4.52. The minimum Gasteiger partial charge on any atom is -0.493 e. The number of nitrogens with zero attached hydrogens (tertiary/aromatic N) is 1. The van der Waals surface area contributed by atoms with E-state index >= 15 is 0 Å². The molecule has 9 heteroatoms. The van der Waals surface area contributed by atoms with Gasteiger partial charge in [-0.25, -0.2) is 0 Å². The van der Waals surface area contributed by atoms with Gasteiger partial charge in [-0.15, -0.1) is 0 Å². The Bertz CT molecular complexity index is 1080. The predicted molar refractivity (Wildman–Crippen MR) is 138 cm³/mol. The second-order valence-corrected chi connectivity index (χ2v) is 8.66. The van der Waals surface area contributed by atoms with Crippen LogP contribution in [0.25, 0.3) is 0 Å². The number of rotatable bonds is 12. The Labute approximate surface area is 218 Å². The van der Waals surface area contributed by atoms with E-state index in [9.17, 15) is 10.0 Å². The molecule has 1 saturated heterocycles. The summed E-state index contributed by atoms with van der Waals surface area (Å²) >= 11 is 0. The topological polar surface area (TPSA) is 95.9 Å². The summed E-state index contributed by atoms with van der Waals surface area (Å²) in [5.41, 5.74) is 1.79. The summed E-state index contributed by atoms with van der Waals surface area (Å²) in [7, 11) is 6.34. The number of ether oxygens (including phenoxy) is 6. The Balaban J connectivity index is 2.19. The minimum absolute atomic E-state index is 0.388. The van der Waals surface area contributed by atoms with Gasteiger partial charge in [0.2, 0.25) is 11.7 Å². The van der Waals surface area contributed by atoms with E-state index < -0.39 is 11.5 Å². The zero-order valence-corrected chi connectivity index (χ0v) is 22.5. The lowest BCUT2D eigenvalue weighted by Gasteiger charge is -2.32. The van der Waals surface area contributed by atoms with Crippen LogP contribution in [0.15, 0.2) is 36.5 Å². The highest BCUT2D eigenvalue weighted by atomic mass is 16.5. The Morgan fingerprint density at radius 3 is 2.08 bits per heavy atom. The Morgan fingerprint density at radius 1 is 1.00 bits per heavy atom. The second kappa shape index (κ2) is 12.7. The summed E-state index contributed by atoms with van der Waals surface area (Å²) in [5.74, 6) is 2.29. The molecule has 0 aromatic heterocycles. The van der Waals surface area contributed by atoms with Crippen LogP contribution in [0.2, 0.25) is 0 Å². The summed E-state index contributed by atoms with van der Waals surface area (Å²) in [6.45, 7) is 4.41. The van der Waals surface area contributed by atoms with E-state index in [1.807, 2.05) is 31.2 Å². The Morgan fingerprint density at radius 2 is 1.59 bits per heavy atom. The monoisotopic (exact) mass is 515 g/mol. The van der Waals surface area contributed by atoms with Gasteiger partial charge in [0.05, 0.1) is 35.0 Å². The highest BCUT2D eigenvalue weighted by molar-refractivity contribution is 5.72. The number of hydrogen-bond donors (Lipinski definition) is 1. The molecular weight excluding hydrogens is 478 g/mol. The summed E-state index contributed by atoms with van der Waals surface area (Å²) in [5, 5.41) is 10.3. The van der Waals surface area contributed by atoms with Crippen molar-refractivity contribution in [2.75, 3.05) is 41.7 Å². The van der Waals surface area contributed by atoms with Crippen molar-refractivity contribution in [1.82, 2.24) is 5.06 Å². The molecular formula is C28H37NO8. The number of hydroxylamine groups is 2. The molecule has 1 amide bonds. The van der Waals surface area contributed by atoms with E-state index in [1.54, 1.807) is 34.5 Å². The van der Waals surface area contributed by atoms with Gasteiger partial charge in [0, 0.05) is 25.3 Å². The standard InChI is InChI=1S/C28H37NO8/c1-7-13-36-26-20(10-8-12-29(31)19(2)30)15-21(16-23(26)32-3)28(11-9-14-37-28)22-17-24(33-4)27(35-6)25(18-22)34-5/h8,12,15-18,31H,7,9-11,13-14H2,1-6H3/b12-8+. The highest BCUT2D eigenvalue weighted by Crippen LogP contribution is 2.50. The molecule has 0 saturated carbocycles. The first-order chi connectivity index (χ1) is 17.8. The van der Waals surface area contributed by atoms with Gasteiger partial charge in [-0.3, -0.25) is 10.0 Å². The SMILES string of the molecule is CCCOc1c(C/C=C/N(O)C(C)=O)cc(C2(c3cc(OC)c(OC)c(OC)c3)CCCO2)cc1OC. The fourth-order valence-electron chi connectivity index (χ4n) is 4.52. The van der Waals surface area contributed by atoms with Crippen LogP contribution in [-0.4, -0.2) is 57.8 Å². The van der Waals surface area contributed by atoms with Crippen molar-refractivity contribution in [2.45, 2.75) is 45.1 Å². The third-order valence-electron chi connectivity index (χ3n) is 6.33.